The highest BCUT2D eigenvalue weighted by molar-refractivity contribution is 5.93. The fourth-order valence-corrected chi connectivity index (χ4v) is 2.25. The van der Waals surface area contributed by atoms with Gasteiger partial charge in [0.25, 0.3) is 11.5 Å². The number of hydrogen-bond donors (Lipinski definition) is 1. The molecule has 0 saturated carbocycles. The first kappa shape index (κ1) is 14.1. The third-order valence-electron chi connectivity index (χ3n) is 3.41. The Morgan fingerprint density at radius 3 is 3.00 bits per heavy atom. The second kappa shape index (κ2) is 5.85. The van der Waals surface area contributed by atoms with Gasteiger partial charge in [-0.05, 0) is 30.7 Å². The van der Waals surface area contributed by atoms with Gasteiger partial charge in [-0.2, -0.15) is 0 Å². The molecule has 1 N–H and O–H groups in total. The molecule has 3 aromatic heterocycles. The zero-order chi connectivity index (χ0) is 15.5. The van der Waals surface area contributed by atoms with Crippen LogP contribution >= 0.6 is 0 Å². The van der Waals surface area contributed by atoms with Crippen molar-refractivity contribution in [2.75, 3.05) is 6.54 Å². The largest absolute Gasteiger partial charge is 0.469 e. The van der Waals surface area contributed by atoms with Crippen LogP contribution in [0, 0.1) is 6.92 Å². The van der Waals surface area contributed by atoms with Gasteiger partial charge in [0.15, 0.2) is 0 Å². The first-order chi connectivity index (χ1) is 10.7. The molecule has 1 amide bonds. The van der Waals surface area contributed by atoms with E-state index in [1.165, 1.54) is 10.6 Å². The summed E-state index contributed by atoms with van der Waals surface area (Å²) >= 11 is 0. The number of amides is 1. The molecule has 0 aliphatic rings. The van der Waals surface area contributed by atoms with Gasteiger partial charge < -0.3 is 9.73 Å². The molecule has 3 rings (SSSR count). The van der Waals surface area contributed by atoms with Gasteiger partial charge in [0.2, 0.25) is 0 Å². The molecular formula is C16H15N3O3. The van der Waals surface area contributed by atoms with E-state index in [0.29, 0.717) is 18.6 Å². The molecule has 0 aromatic carbocycles. The van der Waals surface area contributed by atoms with Crippen LogP contribution in [0.25, 0.3) is 5.65 Å². The number of carbonyl (C=O) groups excluding carboxylic acids is 1. The number of carbonyl (C=O) groups is 1. The van der Waals surface area contributed by atoms with Crippen molar-refractivity contribution in [2.45, 2.75) is 13.3 Å². The second-order valence-corrected chi connectivity index (χ2v) is 4.95. The van der Waals surface area contributed by atoms with E-state index in [0.717, 1.165) is 11.3 Å². The van der Waals surface area contributed by atoms with Crippen molar-refractivity contribution < 1.29 is 9.21 Å². The van der Waals surface area contributed by atoms with Crippen molar-refractivity contribution in [3.63, 3.8) is 0 Å². The summed E-state index contributed by atoms with van der Waals surface area (Å²) in [7, 11) is 0. The van der Waals surface area contributed by atoms with E-state index in [1.807, 2.05) is 19.1 Å². The normalized spacial score (nSPS) is 10.8. The average molecular weight is 297 g/mol. The average Bonchev–Trinajstić information content (AvgIpc) is 3.02. The first-order valence-electron chi connectivity index (χ1n) is 6.94. The molecule has 6 nitrogen and oxygen atoms in total. The Morgan fingerprint density at radius 1 is 1.36 bits per heavy atom. The lowest BCUT2D eigenvalue weighted by Crippen LogP contribution is -2.32. The van der Waals surface area contributed by atoms with Crippen LogP contribution in [0.5, 0.6) is 0 Å². The molecule has 3 aromatic rings. The number of nitrogens with one attached hydrogen (secondary N) is 1. The lowest BCUT2D eigenvalue weighted by atomic mass is 10.2. The smallest absolute Gasteiger partial charge is 0.270 e. The van der Waals surface area contributed by atoms with Gasteiger partial charge in [0, 0.05) is 25.4 Å². The van der Waals surface area contributed by atoms with Crippen molar-refractivity contribution in [1.29, 1.82) is 0 Å². The third-order valence-corrected chi connectivity index (χ3v) is 3.41. The maximum Gasteiger partial charge on any atom is 0.270 e. The maximum absolute atomic E-state index is 12.4. The van der Waals surface area contributed by atoms with Gasteiger partial charge in [-0.1, -0.05) is 6.07 Å². The van der Waals surface area contributed by atoms with Crippen LogP contribution in [0.1, 0.15) is 21.7 Å². The summed E-state index contributed by atoms with van der Waals surface area (Å²) in [5, 5.41) is 2.71. The highest BCUT2D eigenvalue weighted by Gasteiger charge is 2.13. The molecular weight excluding hydrogens is 282 g/mol. The molecule has 0 atom stereocenters. The predicted octanol–water partition coefficient (Wildman–Crippen LogP) is 1.57. The van der Waals surface area contributed by atoms with Crippen molar-refractivity contribution in [2.24, 2.45) is 0 Å². The first-order valence-corrected chi connectivity index (χ1v) is 6.94. The van der Waals surface area contributed by atoms with Gasteiger partial charge >= 0.3 is 0 Å². The molecule has 6 heteroatoms. The predicted molar refractivity (Wildman–Crippen MR) is 80.9 cm³/mol. The zero-order valence-corrected chi connectivity index (χ0v) is 12.1. The summed E-state index contributed by atoms with van der Waals surface area (Å²) in [5.74, 6) is 0.351. The van der Waals surface area contributed by atoms with Crippen LogP contribution in [-0.4, -0.2) is 21.8 Å². The fraction of sp³-hybridized carbons (Fsp3) is 0.188. The molecule has 0 spiro atoms. The standard InChI is InChI=1S/C16H15N3O3/c1-11-4-2-8-19-14(11)18-10-13(16(19)21)15(20)17-7-6-12-5-3-9-22-12/h2-5,8-10H,6-7H2,1H3,(H,17,20). The Morgan fingerprint density at radius 2 is 2.23 bits per heavy atom. The lowest BCUT2D eigenvalue weighted by Gasteiger charge is -2.06. The van der Waals surface area contributed by atoms with Crippen LogP contribution in [0.15, 0.2) is 52.1 Å². The van der Waals surface area contributed by atoms with Crippen LogP contribution in [0.4, 0.5) is 0 Å². The van der Waals surface area contributed by atoms with Gasteiger partial charge in [-0.3, -0.25) is 14.0 Å². The number of fused-ring (bicyclic) bond motifs is 1. The molecule has 0 aliphatic heterocycles. The number of aryl methyl sites for hydroxylation is 1. The number of hydrogen-bond acceptors (Lipinski definition) is 4. The maximum atomic E-state index is 12.4. The molecule has 0 fully saturated rings. The van der Waals surface area contributed by atoms with Crippen molar-refractivity contribution in [1.82, 2.24) is 14.7 Å². The molecule has 0 unspecified atom stereocenters. The Balaban J connectivity index is 1.79. The molecule has 3 heterocycles. The topological polar surface area (TPSA) is 76.6 Å². The Labute approximate surface area is 126 Å². The minimum absolute atomic E-state index is 0.0301. The van der Waals surface area contributed by atoms with E-state index in [2.05, 4.69) is 10.3 Å². The number of furan rings is 1. The van der Waals surface area contributed by atoms with Gasteiger partial charge in [-0.15, -0.1) is 0 Å². The summed E-state index contributed by atoms with van der Waals surface area (Å²) in [4.78, 5) is 28.7. The number of pyridine rings is 1. The van der Waals surface area contributed by atoms with E-state index >= 15 is 0 Å². The van der Waals surface area contributed by atoms with Crippen LogP contribution in [-0.2, 0) is 6.42 Å². The number of aromatic nitrogens is 2. The minimum Gasteiger partial charge on any atom is -0.469 e. The van der Waals surface area contributed by atoms with Crippen LogP contribution < -0.4 is 10.9 Å². The summed E-state index contributed by atoms with van der Waals surface area (Å²) in [6.07, 6.45) is 5.09. The third kappa shape index (κ3) is 2.63. The monoisotopic (exact) mass is 297 g/mol. The van der Waals surface area contributed by atoms with Crippen molar-refractivity contribution in [3.8, 4) is 0 Å². The summed E-state index contributed by atoms with van der Waals surface area (Å²) in [5.41, 5.74) is 1.09. The van der Waals surface area contributed by atoms with Gasteiger partial charge in [0.05, 0.1) is 6.26 Å². The molecule has 112 valence electrons. The van der Waals surface area contributed by atoms with E-state index in [-0.39, 0.29) is 11.1 Å². The summed E-state index contributed by atoms with van der Waals surface area (Å²) in [6, 6.07) is 7.25. The number of rotatable bonds is 4. The van der Waals surface area contributed by atoms with E-state index in [9.17, 15) is 9.59 Å². The van der Waals surface area contributed by atoms with Crippen LogP contribution in [0.3, 0.4) is 0 Å². The van der Waals surface area contributed by atoms with E-state index in [4.69, 9.17) is 4.42 Å². The minimum atomic E-state index is -0.431. The molecule has 0 aliphatic carbocycles. The van der Waals surface area contributed by atoms with E-state index in [1.54, 1.807) is 24.6 Å². The Hall–Kier alpha value is -2.89. The molecule has 0 bridgehead atoms. The molecule has 22 heavy (non-hydrogen) atoms. The Bertz CT molecular complexity index is 866. The van der Waals surface area contributed by atoms with Gasteiger partial charge in [0.1, 0.15) is 17.0 Å². The molecule has 0 saturated heterocycles. The van der Waals surface area contributed by atoms with E-state index < -0.39 is 5.91 Å². The van der Waals surface area contributed by atoms with Crippen LogP contribution in [0.2, 0.25) is 0 Å². The zero-order valence-electron chi connectivity index (χ0n) is 12.1. The SMILES string of the molecule is Cc1cccn2c(=O)c(C(=O)NCCc3ccco3)cnc12. The quantitative estimate of drug-likeness (QED) is 0.793. The summed E-state index contributed by atoms with van der Waals surface area (Å²) in [6.45, 7) is 2.26. The van der Waals surface area contributed by atoms with Crippen molar-refractivity contribution >= 4 is 11.6 Å². The fourth-order valence-electron chi connectivity index (χ4n) is 2.25. The second-order valence-electron chi connectivity index (χ2n) is 4.95. The lowest BCUT2D eigenvalue weighted by molar-refractivity contribution is 0.0951. The Kier molecular flexibility index (Phi) is 3.74. The summed E-state index contributed by atoms with van der Waals surface area (Å²) < 4.78 is 6.57. The van der Waals surface area contributed by atoms with Crippen molar-refractivity contribution in [3.05, 3.63) is 70.2 Å². The van der Waals surface area contributed by atoms with Gasteiger partial charge in [-0.25, -0.2) is 4.98 Å². The number of nitrogens with zero attached hydrogens (tertiary/aromatic N) is 2. The molecule has 0 radical (unpaired) electrons. The highest BCUT2D eigenvalue weighted by Crippen LogP contribution is 2.05. The highest BCUT2D eigenvalue weighted by atomic mass is 16.3.